The summed E-state index contributed by atoms with van der Waals surface area (Å²) in [5.74, 6) is 0.180. The molecule has 3 rings (SSSR count). The van der Waals surface area contributed by atoms with Gasteiger partial charge < -0.3 is 5.32 Å². The van der Waals surface area contributed by atoms with Gasteiger partial charge in [-0.2, -0.15) is 10.2 Å². The van der Waals surface area contributed by atoms with Crippen molar-refractivity contribution in [2.24, 2.45) is 0 Å². The lowest BCUT2D eigenvalue weighted by molar-refractivity contribution is -0.122. The smallest absolute Gasteiger partial charge is 0.340 e. The van der Waals surface area contributed by atoms with E-state index in [2.05, 4.69) is 25.6 Å². The number of hydrogen-bond donors (Lipinski definition) is 3. The number of nitrogens with zero attached hydrogens (tertiary/aromatic N) is 3. The first kappa shape index (κ1) is 13.1. The number of benzene rings is 1. The van der Waals surface area contributed by atoms with Crippen molar-refractivity contribution in [3.8, 4) is 0 Å². The van der Waals surface area contributed by atoms with Gasteiger partial charge in [-0.05, 0) is 13.0 Å². The summed E-state index contributed by atoms with van der Waals surface area (Å²) >= 11 is 0. The third-order valence-corrected chi connectivity index (χ3v) is 3.15. The minimum atomic E-state index is -0.399. The summed E-state index contributed by atoms with van der Waals surface area (Å²) in [6, 6.07) is 7.27. The Morgan fingerprint density at radius 3 is 3.00 bits per heavy atom. The molecule has 0 unspecified atom stereocenters. The van der Waals surface area contributed by atoms with Gasteiger partial charge in [0.1, 0.15) is 6.54 Å². The van der Waals surface area contributed by atoms with Crippen LogP contribution in [0.4, 0.5) is 0 Å². The van der Waals surface area contributed by atoms with E-state index >= 15 is 0 Å². The van der Waals surface area contributed by atoms with Crippen molar-refractivity contribution in [1.82, 2.24) is 30.3 Å². The molecule has 0 aliphatic heterocycles. The fraction of sp³-hybridized carbons (Fsp3) is 0.231. The Balaban J connectivity index is 1.70. The van der Waals surface area contributed by atoms with Crippen LogP contribution in [0.1, 0.15) is 18.8 Å². The Morgan fingerprint density at radius 2 is 2.24 bits per heavy atom. The lowest BCUT2D eigenvalue weighted by Crippen LogP contribution is -2.31. The van der Waals surface area contributed by atoms with Gasteiger partial charge in [-0.15, -0.1) is 0 Å². The van der Waals surface area contributed by atoms with E-state index in [1.807, 2.05) is 24.3 Å². The zero-order valence-electron chi connectivity index (χ0n) is 11.3. The number of fused-ring (bicyclic) bond motifs is 1. The van der Waals surface area contributed by atoms with Crippen LogP contribution in [0.3, 0.4) is 0 Å². The first-order chi connectivity index (χ1) is 10.1. The first-order valence-electron chi connectivity index (χ1n) is 6.48. The predicted molar refractivity (Wildman–Crippen MR) is 75.5 cm³/mol. The van der Waals surface area contributed by atoms with Crippen LogP contribution in [-0.4, -0.2) is 30.9 Å². The van der Waals surface area contributed by atoms with Crippen molar-refractivity contribution in [1.29, 1.82) is 0 Å². The summed E-state index contributed by atoms with van der Waals surface area (Å²) in [5, 5.41) is 14.0. The third kappa shape index (κ3) is 2.69. The number of H-pyrrole nitrogens is 2. The molecule has 0 aliphatic rings. The summed E-state index contributed by atoms with van der Waals surface area (Å²) in [6.07, 6.45) is 1.72. The fourth-order valence-electron chi connectivity index (χ4n) is 2.13. The number of para-hydroxylation sites is 1. The second-order valence-electron chi connectivity index (χ2n) is 4.71. The topological polar surface area (TPSA) is 108 Å². The van der Waals surface area contributed by atoms with E-state index in [0.29, 0.717) is 5.82 Å². The average Bonchev–Trinajstić information content (AvgIpc) is 3.06. The number of aromatic amines is 2. The van der Waals surface area contributed by atoms with Crippen LogP contribution in [-0.2, 0) is 11.3 Å². The molecule has 8 nitrogen and oxygen atoms in total. The van der Waals surface area contributed by atoms with E-state index in [-0.39, 0.29) is 12.5 Å². The largest absolute Gasteiger partial charge is 0.345 e. The van der Waals surface area contributed by atoms with E-state index in [1.54, 1.807) is 17.8 Å². The molecule has 8 heteroatoms. The van der Waals surface area contributed by atoms with E-state index in [1.165, 1.54) is 0 Å². The van der Waals surface area contributed by atoms with Gasteiger partial charge in [-0.1, -0.05) is 18.2 Å². The molecule has 2 heterocycles. The highest BCUT2D eigenvalue weighted by molar-refractivity contribution is 5.82. The Kier molecular flexibility index (Phi) is 3.27. The van der Waals surface area contributed by atoms with Crippen molar-refractivity contribution in [3.05, 3.63) is 46.8 Å². The molecule has 0 aliphatic carbocycles. The van der Waals surface area contributed by atoms with Gasteiger partial charge in [0.15, 0.2) is 5.82 Å². The molecule has 0 spiro atoms. The molecule has 21 heavy (non-hydrogen) atoms. The van der Waals surface area contributed by atoms with Crippen molar-refractivity contribution in [2.45, 2.75) is 19.5 Å². The summed E-state index contributed by atoms with van der Waals surface area (Å²) in [6.45, 7) is 1.84. The number of carbonyl (C=O) groups is 1. The number of amides is 1. The zero-order valence-corrected chi connectivity index (χ0v) is 11.3. The van der Waals surface area contributed by atoms with Crippen molar-refractivity contribution in [2.75, 3.05) is 0 Å². The van der Waals surface area contributed by atoms with E-state index < -0.39 is 11.7 Å². The number of aromatic nitrogens is 5. The van der Waals surface area contributed by atoms with Crippen molar-refractivity contribution >= 4 is 16.8 Å². The van der Waals surface area contributed by atoms with Gasteiger partial charge in [0.25, 0.3) is 0 Å². The summed E-state index contributed by atoms with van der Waals surface area (Å²) in [4.78, 5) is 25.5. The highest BCUT2D eigenvalue weighted by Gasteiger charge is 2.14. The number of carbonyl (C=O) groups excluding carboxylic acids is 1. The Hall–Kier alpha value is -2.90. The molecule has 108 valence electrons. The number of nitrogens with one attached hydrogen (secondary N) is 3. The van der Waals surface area contributed by atoms with E-state index in [0.717, 1.165) is 10.9 Å². The lowest BCUT2D eigenvalue weighted by atomic mass is 10.2. The second kappa shape index (κ2) is 5.23. The molecule has 0 saturated heterocycles. The number of hydrogen-bond acceptors (Lipinski definition) is 4. The lowest BCUT2D eigenvalue weighted by Gasteiger charge is -2.11. The minimum absolute atomic E-state index is 0.104. The Bertz CT molecular complexity index is 830. The normalized spacial score (nSPS) is 12.4. The van der Waals surface area contributed by atoms with Crippen LogP contribution < -0.4 is 11.0 Å². The molecular weight excluding hydrogens is 272 g/mol. The minimum Gasteiger partial charge on any atom is -0.345 e. The van der Waals surface area contributed by atoms with E-state index in [9.17, 15) is 9.59 Å². The monoisotopic (exact) mass is 286 g/mol. The molecule has 1 aromatic carbocycles. The van der Waals surface area contributed by atoms with Crippen LogP contribution >= 0.6 is 0 Å². The molecule has 0 saturated carbocycles. The Labute approximate surface area is 119 Å². The molecule has 1 amide bonds. The highest BCUT2D eigenvalue weighted by Crippen LogP contribution is 2.12. The van der Waals surface area contributed by atoms with Crippen LogP contribution in [0.25, 0.3) is 10.9 Å². The summed E-state index contributed by atoms with van der Waals surface area (Å²) in [5.41, 5.74) is 0.498. The SMILES string of the molecule is C[C@@H](NC(=O)Cn1ncc2ccccc21)c1n[nH]c(=O)[nH]1. The van der Waals surface area contributed by atoms with Crippen LogP contribution in [0.2, 0.25) is 0 Å². The average molecular weight is 286 g/mol. The van der Waals surface area contributed by atoms with Crippen LogP contribution in [0.5, 0.6) is 0 Å². The molecule has 0 radical (unpaired) electrons. The maximum Gasteiger partial charge on any atom is 0.340 e. The zero-order chi connectivity index (χ0) is 14.8. The highest BCUT2D eigenvalue weighted by atomic mass is 16.2. The predicted octanol–water partition coefficient (Wildman–Crippen LogP) is 0.325. The fourth-order valence-corrected chi connectivity index (χ4v) is 2.13. The molecular formula is C13H14N6O2. The molecule has 3 aromatic rings. The van der Waals surface area contributed by atoms with Gasteiger partial charge in [-0.25, -0.2) is 9.89 Å². The maximum atomic E-state index is 12.0. The Morgan fingerprint density at radius 1 is 1.43 bits per heavy atom. The van der Waals surface area contributed by atoms with E-state index in [4.69, 9.17) is 0 Å². The van der Waals surface area contributed by atoms with Crippen LogP contribution in [0.15, 0.2) is 35.3 Å². The molecule has 1 atom stereocenters. The van der Waals surface area contributed by atoms with Gasteiger partial charge in [0, 0.05) is 5.39 Å². The van der Waals surface area contributed by atoms with Crippen molar-refractivity contribution < 1.29 is 4.79 Å². The van der Waals surface area contributed by atoms with Crippen molar-refractivity contribution in [3.63, 3.8) is 0 Å². The van der Waals surface area contributed by atoms with Gasteiger partial charge >= 0.3 is 5.69 Å². The van der Waals surface area contributed by atoms with Gasteiger partial charge in [-0.3, -0.25) is 14.5 Å². The third-order valence-electron chi connectivity index (χ3n) is 3.15. The molecule has 2 aromatic heterocycles. The quantitative estimate of drug-likeness (QED) is 0.642. The summed E-state index contributed by atoms with van der Waals surface area (Å²) in [7, 11) is 0. The standard InChI is InChI=1S/C13H14N6O2/c1-8(12-16-13(21)18-17-12)15-11(20)7-19-10-5-3-2-4-9(10)6-14-19/h2-6,8H,7H2,1H3,(H,15,20)(H2,16,17,18,21)/t8-/m1/s1. The molecule has 3 N–H and O–H groups in total. The molecule has 0 fully saturated rings. The molecule has 0 bridgehead atoms. The van der Waals surface area contributed by atoms with Gasteiger partial charge in [0.05, 0.1) is 17.8 Å². The number of rotatable bonds is 4. The summed E-state index contributed by atoms with van der Waals surface area (Å²) < 4.78 is 1.63. The first-order valence-corrected chi connectivity index (χ1v) is 6.48. The van der Waals surface area contributed by atoms with Crippen LogP contribution in [0, 0.1) is 0 Å². The second-order valence-corrected chi connectivity index (χ2v) is 4.71. The van der Waals surface area contributed by atoms with Gasteiger partial charge in [0.2, 0.25) is 5.91 Å². The maximum absolute atomic E-state index is 12.0.